The van der Waals surface area contributed by atoms with Crippen molar-refractivity contribution < 1.29 is 13.3 Å². The zero-order chi connectivity index (χ0) is 22.7. The van der Waals surface area contributed by atoms with Gasteiger partial charge in [0.05, 0.1) is 18.8 Å². The molecule has 0 saturated carbocycles. The Kier molecular flexibility index (Phi) is 6.80. The van der Waals surface area contributed by atoms with Crippen molar-refractivity contribution in [3.8, 4) is 16.9 Å². The van der Waals surface area contributed by atoms with Gasteiger partial charge < -0.3 is 14.7 Å². The van der Waals surface area contributed by atoms with Gasteiger partial charge in [-0.15, -0.1) is 0 Å². The second kappa shape index (κ2) is 9.34. The maximum Gasteiger partial charge on any atom is 0.258 e. The number of fused-ring (bicyclic) bond motifs is 1. The van der Waals surface area contributed by atoms with Crippen LogP contribution in [0.2, 0.25) is 0 Å². The molecule has 0 bridgehead atoms. The Morgan fingerprint density at radius 3 is 2.61 bits per heavy atom. The van der Waals surface area contributed by atoms with Crippen molar-refractivity contribution in [2.24, 2.45) is 12.0 Å². The predicted molar refractivity (Wildman–Crippen MR) is 125 cm³/mol. The van der Waals surface area contributed by atoms with Crippen LogP contribution in [-0.4, -0.2) is 41.6 Å². The molecule has 0 aliphatic rings. The van der Waals surface area contributed by atoms with E-state index < -0.39 is 16.6 Å². The molecule has 8 heteroatoms. The van der Waals surface area contributed by atoms with Crippen LogP contribution in [0.4, 0.5) is 4.39 Å². The van der Waals surface area contributed by atoms with Crippen molar-refractivity contribution in [3.63, 3.8) is 0 Å². The van der Waals surface area contributed by atoms with Gasteiger partial charge in [0, 0.05) is 77.9 Å². The van der Waals surface area contributed by atoms with Crippen molar-refractivity contribution in [1.82, 2.24) is 4.57 Å². The molecule has 3 aromatic rings. The molecule has 0 amide bonds. The quantitative estimate of drug-likeness (QED) is 0.568. The van der Waals surface area contributed by atoms with Crippen LogP contribution in [0.1, 0.15) is 17.0 Å². The summed E-state index contributed by atoms with van der Waals surface area (Å²) < 4.78 is 33.2. The third-order valence-corrected chi connectivity index (χ3v) is 5.82. The molecule has 2 atom stereocenters. The molecule has 3 rings (SSSR count). The lowest BCUT2D eigenvalue weighted by molar-refractivity contribution is 0.412. The third kappa shape index (κ3) is 4.49. The van der Waals surface area contributed by atoms with Gasteiger partial charge in [-0.25, -0.2) is 4.39 Å². The van der Waals surface area contributed by atoms with E-state index in [9.17, 15) is 13.4 Å². The van der Waals surface area contributed by atoms with Gasteiger partial charge >= 0.3 is 0 Å². The van der Waals surface area contributed by atoms with Crippen LogP contribution in [0, 0.1) is 11.2 Å². The van der Waals surface area contributed by atoms with Crippen molar-refractivity contribution >= 4 is 34.0 Å². The SMILES string of the molecule is CN=CC(C=N)c1ccc2c(=O)n(C)cc(-c3cc(CS(C)=O)c(F)cc3OC)c2c1. The number of pyridine rings is 1. The number of nitrogens with zero attached hydrogens (tertiary/aromatic N) is 2. The number of hydrogen-bond acceptors (Lipinski definition) is 5. The molecule has 0 saturated heterocycles. The average Bonchev–Trinajstić information content (AvgIpc) is 2.75. The molecule has 162 valence electrons. The summed E-state index contributed by atoms with van der Waals surface area (Å²) in [5.41, 5.74) is 2.22. The monoisotopic (exact) mass is 441 g/mol. The number of ether oxygens (including phenoxy) is 1. The van der Waals surface area contributed by atoms with Crippen LogP contribution in [0.3, 0.4) is 0 Å². The maximum absolute atomic E-state index is 14.5. The summed E-state index contributed by atoms with van der Waals surface area (Å²) in [4.78, 5) is 16.8. The highest BCUT2D eigenvalue weighted by Crippen LogP contribution is 2.37. The molecule has 1 aromatic heterocycles. The third-order valence-electron chi connectivity index (χ3n) is 5.10. The highest BCUT2D eigenvalue weighted by atomic mass is 32.2. The van der Waals surface area contributed by atoms with E-state index in [4.69, 9.17) is 10.1 Å². The standard InChI is InChI=1S/C23H24FN3O3S/c1-26-11-16(10-25)14-5-6-17-18(7-14)20(12-27(2)23(17)28)19-8-15(13-31(4)29)21(24)9-22(19)30-3/h5-12,16,25H,13H2,1-4H3. The van der Waals surface area contributed by atoms with Gasteiger partial charge in [0.15, 0.2) is 0 Å². The van der Waals surface area contributed by atoms with Crippen LogP contribution >= 0.6 is 0 Å². The van der Waals surface area contributed by atoms with E-state index in [-0.39, 0.29) is 17.2 Å². The van der Waals surface area contributed by atoms with Gasteiger partial charge in [0.2, 0.25) is 0 Å². The molecule has 2 unspecified atom stereocenters. The number of aliphatic imine (C=N–C) groups is 1. The number of benzene rings is 2. The van der Waals surface area contributed by atoms with Crippen LogP contribution in [0.5, 0.6) is 5.75 Å². The Bertz CT molecular complexity index is 1270. The van der Waals surface area contributed by atoms with E-state index >= 15 is 0 Å². The largest absolute Gasteiger partial charge is 0.496 e. The smallest absolute Gasteiger partial charge is 0.258 e. The molecular formula is C23H24FN3O3S. The van der Waals surface area contributed by atoms with Crippen molar-refractivity contribution in [2.75, 3.05) is 20.4 Å². The summed E-state index contributed by atoms with van der Waals surface area (Å²) in [6.07, 6.45) is 6.14. The topological polar surface area (TPSA) is 84.5 Å². The number of methoxy groups -OCH3 is 1. The normalized spacial score (nSPS) is 13.5. The van der Waals surface area contributed by atoms with E-state index in [1.807, 2.05) is 6.07 Å². The first-order chi connectivity index (χ1) is 14.8. The Morgan fingerprint density at radius 2 is 2.00 bits per heavy atom. The van der Waals surface area contributed by atoms with Gasteiger partial charge in [0.25, 0.3) is 5.56 Å². The first kappa shape index (κ1) is 22.6. The van der Waals surface area contributed by atoms with Crippen LogP contribution in [0.25, 0.3) is 21.9 Å². The zero-order valence-corrected chi connectivity index (χ0v) is 18.6. The summed E-state index contributed by atoms with van der Waals surface area (Å²) in [6.45, 7) is 0. The van der Waals surface area contributed by atoms with Crippen LogP contribution < -0.4 is 10.3 Å². The number of aromatic nitrogens is 1. The summed E-state index contributed by atoms with van der Waals surface area (Å²) in [5.74, 6) is -0.444. The highest BCUT2D eigenvalue weighted by molar-refractivity contribution is 7.83. The summed E-state index contributed by atoms with van der Waals surface area (Å²) in [6, 6.07) is 8.29. The molecular weight excluding hydrogens is 417 g/mol. The molecule has 31 heavy (non-hydrogen) atoms. The number of rotatable bonds is 7. The number of nitrogens with one attached hydrogen (secondary N) is 1. The minimum atomic E-state index is -1.22. The minimum Gasteiger partial charge on any atom is -0.496 e. The second-order valence-corrected chi connectivity index (χ2v) is 8.66. The molecule has 0 aliphatic carbocycles. The van der Waals surface area contributed by atoms with Gasteiger partial charge in [-0.1, -0.05) is 6.07 Å². The van der Waals surface area contributed by atoms with Gasteiger partial charge in [-0.05, 0) is 29.1 Å². The molecule has 1 N–H and O–H groups in total. The fraction of sp³-hybridized carbons (Fsp3) is 0.261. The Morgan fingerprint density at radius 1 is 1.26 bits per heavy atom. The lowest BCUT2D eigenvalue weighted by Gasteiger charge is -2.16. The Labute approximate surface area is 182 Å². The predicted octanol–water partition coefficient (Wildman–Crippen LogP) is 3.67. The molecule has 1 heterocycles. The fourth-order valence-corrected chi connectivity index (χ4v) is 4.26. The van der Waals surface area contributed by atoms with Crippen LogP contribution in [-0.2, 0) is 23.6 Å². The number of halogens is 1. The summed E-state index contributed by atoms with van der Waals surface area (Å²) >= 11 is 0. The van der Waals surface area contributed by atoms with E-state index in [1.54, 1.807) is 44.7 Å². The van der Waals surface area contributed by atoms with E-state index in [0.29, 0.717) is 33.2 Å². The van der Waals surface area contributed by atoms with E-state index in [1.165, 1.54) is 30.2 Å². The molecule has 2 aromatic carbocycles. The lowest BCUT2D eigenvalue weighted by Crippen LogP contribution is -2.17. The molecule has 0 radical (unpaired) electrons. The van der Waals surface area contributed by atoms with Crippen molar-refractivity contribution in [3.05, 3.63) is 63.8 Å². The molecule has 0 aliphatic heterocycles. The van der Waals surface area contributed by atoms with E-state index in [0.717, 1.165) is 5.56 Å². The second-order valence-electron chi connectivity index (χ2n) is 7.23. The Balaban J connectivity index is 2.38. The first-order valence-corrected chi connectivity index (χ1v) is 11.3. The van der Waals surface area contributed by atoms with Gasteiger partial charge in [-0.2, -0.15) is 0 Å². The maximum atomic E-state index is 14.5. The molecule has 0 fully saturated rings. The lowest BCUT2D eigenvalue weighted by atomic mass is 9.93. The fourth-order valence-electron chi connectivity index (χ4n) is 3.60. The highest BCUT2D eigenvalue weighted by Gasteiger charge is 2.18. The average molecular weight is 442 g/mol. The van der Waals surface area contributed by atoms with Gasteiger partial charge in [0.1, 0.15) is 11.6 Å². The van der Waals surface area contributed by atoms with Gasteiger partial charge in [-0.3, -0.25) is 14.0 Å². The van der Waals surface area contributed by atoms with Crippen LogP contribution in [0.15, 0.2) is 46.3 Å². The van der Waals surface area contributed by atoms with Crippen molar-refractivity contribution in [1.29, 1.82) is 5.41 Å². The molecule has 0 spiro atoms. The zero-order valence-electron chi connectivity index (χ0n) is 17.8. The van der Waals surface area contributed by atoms with Crippen molar-refractivity contribution in [2.45, 2.75) is 11.7 Å². The molecule has 6 nitrogen and oxygen atoms in total. The minimum absolute atomic E-state index is 0.0701. The Hall–Kier alpha value is -3.13. The summed E-state index contributed by atoms with van der Waals surface area (Å²) in [5, 5.41) is 8.86. The summed E-state index contributed by atoms with van der Waals surface area (Å²) in [7, 11) is 3.52. The first-order valence-electron chi connectivity index (χ1n) is 9.53. The van der Waals surface area contributed by atoms with E-state index in [2.05, 4.69) is 4.99 Å². The number of hydrogen-bond donors (Lipinski definition) is 1. The number of aryl methyl sites for hydroxylation is 1.